The van der Waals surface area contributed by atoms with Crippen LogP contribution >= 0.6 is 0 Å². The van der Waals surface area contributed by atoms with Crippen molar-refractivity contribution >= 4 is 11.6 Å². The molecule has 1 amide bonds. The lowest BCUT2D eigenvalue weighted by atomic mass is 10.3. The van der Waals surface area contributed by atoms with Crippen LogP contribution < -0.4 is 5.32 Å². The van der Waals surface area contributed by atoms with E-state index in [0.717, 1.165) is 13.0 Å². The van der Waals surface area contributed by atoms with Crippen molar-refractivity contribution < 1.29 is 23.7 Å². The van der Waals surface area contributed by atoms with E-state index in [2.05, 4.69) is 5.32 Å². The van der Waals surface area contributed by atoms with Gasteiger partial charge in [-0.25, -0.2) is 0 Å². The largest absolute Gasteiger partial charge is 0.379 e. The van der Waals surface area contributed by atoms with Gasteiger partial charge < -0.3 is 29.7 Å². The van der Waals surface area contributed by atoms with E-state index < -0.39 is 0 Å². The van der Waals surface area contributed by atoms with Gasteiger partial charge in [-0.2, -0.15) is 0 Å². The fourth-order valence-electron chi connectivity index (χ4n) is 1.36. The van der Waals surface area contributed by atoms with Crippen molar-refractivity contribution in [1.29, 1.82) is 5.41 Å². The number of amides is 1. The Morgan fingerprint density at radius 3 is 2.09 bits per heavy atom. The maximum Gasteiger partial charge on any atom is 0.246 e. The molecule has 0 rings (SSSR count). The highest BCUT2D eigenvalue weighted by molar-refractivity contribution is 5.82. The lowest BCUT2D eigenvalue weighted by molar-refractivity contribution is -0.126. The van der Waals surface area contributed by atoms with Crippen molar-refractivity contribution in [3.8, 4) is 0 Å². The molecule has 0 atom stereocenters. The molecule has 0 aliphatic carbocycles. The number of nitrogens with one attached hydrogen (secondary N) is 2. The second-order valence-corrected chi connectivity index (χ2v) is 4.64. The maximum absolute atomic E-state index is 11.4. The zero-order valence-electron chi connectivity index (χ0n) is 13.8. The molecule has 0 aliphatic rings. The van der Waals surface area contributed by atoms with E-state index in [0.29, 0.717) is 58.3 Å². The van der Waals surface area contributed by atoms with Gasteiger partial charge in [0.2, 0.25) is 5.91 Å². The zero-order chi connectivity index (χ0) is 16.5. The first-order valence-electron chi connectivity index (χ1n) is 7.84. The molecular weight excluding hydrogens is 288 g/mol. The second kappa shape index (κ2) is 16.4. The molecule has 130 valence electrons. The Kier molecular flexibility index (Phi) is 15.6. The molecule has 22 heavy (non-hydrogen) atoms. The average Bonchev–Trinajstić information content (AvgIpc) is 2.52. The highest BCUT2D eigenvalue weighted by Crippen LogP contribution is 1.85. The molecule has 7 heteroatoms. The number of hydrogen-bond donors (Lipinski definition) is 2. The second-order valence-electron chi connectivity index (χ2n) is 4.64. The number of ether oxygens (including phenoxy) is 4. The van der Waals surface area contributed by atoms with Crippen LogP contribution in [0.4, 0.5) is 0 Å². The molecule has 0 aromatic rings. The van der Waals surface area contributed by atoms with Crippen LogP contribution in [-0.4, -0.2) is 71.0 Å². The quantitative estimate of drug-likeness (QED) is 0.327. The Balaban J connectivity index is 3.20. The number of carbonyl (C=O) groups is 1. The Labute approximate surface area is 133 Å². The van der Waals surface area contributed by atoms with E-state index in [1.54, 1.807) is 0 Å². The molecule has 7 nitrogen and oxygen atoms in total. The summed E-state index contributed by atoms with van der Waals surface area (Å²) in [6, 6.07) is 0. The molecular formula is C15H30N2O5. The van der Waals surface area contributed by atoms with Crippen LogP contribution in [0.2, 0.25) is 0 Å². The summed E-state index contributed by atoms with van der Waals surface area (Å²) in [5, 5.41) is 10.1. The molecule has 0 aliphatic heterocycles. The van der Waals surface area contributed by atoms with Crippen molar-refractivity contribution in [1.82, 2.24) is 5.32 Å². The van der Waals surface area contributed by atoms with Gasteiger partial charge in [0.1, 0.15) is 6.61 Å². The molecule has 0 radical (unpaired) electrons. The molecule has 0 saturated heterocycles. The minimum atomic E-state index is -0.160. The first-order valence-corrected chi connectivity index (χ1v) is 7.84. The summed E-state index contributed by atoms with van der Waals surface area (Å²) in [6.07, 6.45) is 1.69. The van der Waals surface area contributed by atoms with Crippen LogP contribution in [0.15, 0.2) is 0 Å². The monoisotopic (exact) mass is 318 g/mol. The zero-order valence-corrected chi connectivity index (χ0v) is 13.8. The molecule has 0 bridgehead atoms. The van der Waals surface area contributed by atoms with Gasteiger partial charge >= 0.3 is 0 Å². The smallest absolute Gasteiger partial charge is 0.246 e. The summed E-state index contributed by atoms with van der Waals surface area (Å²) in [6.45, 7) is 7.80. The molecule has 0 aromatic heterocycles. The standard InChI is InChI=1S/C15H30N2O5/c1-3-6-19-8-11-22-13-15(18)17-5-7-20-9-10-21-12-14(16)4-2/h16H,3-13H2,1-2H3,(H,17,18). The summed E-state index contributed by atoms with van der Waals surface area (Å²) in [4.78, 5) is 11.4. The van der Waals surface area contributed by atoms with E-state index in [1.807, 2.05) is 13.8 Å². The van der Waals surface area contributed by atoms with Crippen LogP contribution in [0.25, 0.3) is 0 Å². The topological polar surface area (TPSA) is 89.9 Å². The first kappa shape index (κ1) is 21.0. The lowest BCUT2D eigenvalue weighted by Gasteiger charge is -2.08. The summed E-state index contributed by atoms with van der Waals surface area (Å²) in [5.74, 6) is -0.160. The highest BCUT2D eigenvalue weighted by atomic mass is 16.5. The average molecular weight is 318 g/mol. The van der Waals surface area contributed by atoms with Gasteiger partial charge in [0.05, 0.1) is 39.6 Å². The third-order valence-corrected chi connectivity index (χ3v) is 2.60. The van der Waals surface area contributed by atoms with Gasteiger partial charge in [0.15, 0.2) is 0 Å². The predicted molar refractivity (Wildman–Crippen MR) is 84.6 cm³/mol. The van der Waals surface area contributed by atoms with Crippen LogP contribution in [-0.2, 0) is 23.7 Å². The van der Waals surface area contributed by atoms with E-state index in [-0.39, 0.29) is 12.5 Å². The summed E-state index contributed by atoms with van der Waals surface area (Å²) in [5.41, 5.74) is 0.576. The molecule has 0 fully saturated rings. The number of rotatable bonds is 16. The normalized spacial score (nSPS) is 10.6. The summed E-state index contributed by atoms with van der Waals surface area (Å²) < 4.78 is 20.9. The third-order valence-electron chi connectivity index (χ3n) is 2.60. The Bertz CT molecular complexity index is 287. The Morgan fingerprint density at radius 2 is 1.45 bits per heavy atom. The summed E-state index contributed by atoms with van der Waals surface area (Å²) in [7, 11) is 0. The summed E-state index contributed by atoms with van der Waals surface area (Å²) >= 11 is 0. The van der Waals surface area contributed by atoms with Gasteiger partial charge in [0, 0.05) is 18.9 Å². The fourth-order valence-corrected chi connectivity index (χ4v) is 1.36. The minimum Gasteiger partial charge on any atom is -0.379 e. The van der Waals surface area contributed by atoms with Crippen LogP contribution in [0.3, 0.4) is 0 Å². The van der Waals surface area contributed by atoms with Crippen molar-refractivity contribution in [2.75, 3.05) is 59.4 Å². The van der Waals surface area contributed by atoms with E-state index >= 15 is 0 Å². The van der Waals surface area contributed by atoms with Crippen molar-refractivity contribution in [3.05, 3.63) is 0 Å². The number of hydrogen-bond acceptors (Lipinski definition) is 6. The minimum absolute atomic E-state index is 0.0394. The van der Waals surface area contributed by atoms with Gasteiger partial charge in [-0.3, -0.25) is 4.79 Å². The first-order chi connectivity index (χ1) is 10.7. The number of carbonyl (C=O) groups excluding carboxylic acids is 1. The fraction of sp³-hybridized carbons (Fsp3) is 0.867. The van der Waals surface area contributed by atoms with Crippen molar-refractivity contribution in [2.45, 2.75) is 26.7 Å². The van der Waals surface area contributed by atoms with Crippen molar-refractivity contribution in [3.63, 3.8) is 0 Å². The van der Waals surface area contributed by atoms with Crippen molar-refractivity contribution in [2.24, 2.45) is 0 Å². The predicted octanol–water partition coefficient (Wildman–Crippen LogP) is 1.01. The van der Waals surface area contributed by atoms with Gasteiger partial charge in [0.25, 0.3) is 0 Å². The maximum atomic E-state index is 11.4. The van der Waals surface area contributed by atoms with E-state index in [4.69, 9.17) is 24.4 Å². The van der Waals surface area contributed by atoms with Crippen LogP contribution in [0.5, 0.6) is 0 Å². The highest BCUT2D eigenvalue weighted by Gasteiger charge is 2.00. The van der Waals surface area contributed by atoms with E-state index in [9.17, 15) is 4.79 Å². The molecule has 0 aromatic carbocycles. The third kappa shape index (κ3) is 15.4. The van der Waals surface area contributed by atoms with Gasteiger partial charge in [-0.05, 0) is 12.8 Å². The molecule has 0 unspecified atom stereocenters. The molecule has 0 spiro atoms. The lowest BCUT2D eigenvalue weighted by Crippen LogP contribution is -2.31. The Hall–Kier alpha value is -1.02. The molecule has 2 N–H and O–H groups in total. The van der Waals surface area contributed by atoms with E-state index in [1.165, 1.54) is 0 Å². The molecule has 0 heterocycles. The van der Waals surface area contributed by atoms with Crippen LogP contribution in [0.1, 0.15) is 26.7 Å². The molecule has 0 saturated carbocycles. The van der Waals surface area contributed by atoms with Crippen LogP contribution in [0, 0.1) is 5.41 Å². The van der Waals surface area contributed by atoms with Gasteiger partial charge in [-0.1, -0.05) is 13.8 Å². The Morgan fingerprint density at radius 1 is 0.864 bits per heavy atom. The SMILES string of the molecule is CCCOCCOCC(=O)NCCOCCOCC(=N)CC. The van der Waals surface area contributed by atoms with Gasteiger partial charge in [-0.15, -0.1) is 0 Å².